The van der Waals surface area contributed by atoms with Crippen LogP contribution in [0.15, 0.2) is 67.0 Å². The van der Waals surface area contributed by atoms with Gasteiger partial charge in [0, 0.05) is 23.5 Å². The number of hydrogen-bond acceptors (Lipinski definition) is 5. The summed E-state index contributed by atoms with van der Waals surface area (Å²) in [5.74, 6) is -2.79. The van der Waals surface area contributed by atoms with Crippen LogP contribution in [0.1, 0.15) is 11.1 Å². The van der Waals surface area contributed by atoms with Crippen LogP contribution in [0.2, 0.25) is 0 Å². The molecule has 0 spiro atoms. The lowest BCUT2D eigenvalue weighted by Gasteiger charge is -2.21. The summed E-state index contributed by atoms with van der Waals surface area (Å²) in [6, 6.07) is 16.4. The number of hydrogen-bond donors (Lipinski definition) is 3. The molecule has 0 atom stereocenters. The first-order valence-corrected chi connectivity index (χ1v) is 10.1. The average Bonchev–Trinajstić information content (AvgIpc) is 2.69. The van der Waals surface area contributed by atoms with Gasteiger partial charge in [0.1, 0.15) is 0 Å². The molecule has 0 radical (unpaired) electrons. The third-order valence-corrected chi connectivity index (χ3v) is 4.74. The highest BCUT2D eigenvalue weighted by Gasteiger charge is 2.26. The first-order valence-electron chi connectivity index (χ1n) is 8.47. The van der Waals surface area contributed by atoms with Crippen LogP contribution >= 0.6 is 0 Å². The maximum absolute atomic E-state index is 13.1. The first-order chi connectivity index (χ1) is 13.8. The first kappa shape index (κ1) is 20.2. The van der Waals surface area contributed by atoms with Gasteiger partial charge in [0.25, 0.3) is 16.0 Å². The minimum atomic E-state index is -4.60. The third kappa shape index (κ3) is 4.84. The largest absolute Gasteiger partial charge is 0.370 e. The molecule has 0 saturated heterocycles. The van der Waals surface area contributed by atoms with E-state index in [2.05, 4.69) is 4.98 Å². The number of benzene rings is 2. The Kier molecular flexibility index (Phi) is 5.71. The molecule has 29 heavy (non-hydrogen) atoms. The van der Waals surface area contributed by atoms with Crippen molar-refractivity contribution in [3.8, 4) is 0 Å². The summed E-state index contributed by atoms with van der Waals surface area (Å²) in [4.78, 5) is 17.6. The summed E-state index contributed by atoms with van der Waals surface area (Å²) in [7, 11) is -4.60. The Morgan fingerprint density at radius 3 is 2.52 bits per heavy atom. The van der Waals surface area contributed by atoms with Crippen molar-refractivity contribution < 1.29 is 17.8 Å². The highest BCUT2D eigenvalue weighted by atomic mass is 32.2. The Balaban J connectivity index is 2.18. The number of aromatic nitrogens is 1. The van der Waals surface area contributed by atoms with Gasteiger partial charge in [-0.1, -0.05) is 48.5 Å². The summed E-state index contributed by atoms with van der Waals surface area (Å²) < 4.78 is 31.8. The van der Waals surface area contributed by atoms with E-state index in [9.17, 15) is 13.2 Å². The van der Waals surface area contributed by atoms with Gasteiger partial charge < -0.3 is 5.73 Å². The molecule has 1 aromatic heterocycles. The monoisotopic (exact) mass is 410 g/mol. The second-order valence-corrected chi connectivity index (χ2v) is 7.62. The van der Waals surface area contributed by atoms with E-state index in [0.717, 1.165) is 10.8 Å². The van der Waals surface area contributed by atoms with Crippen LogP contribution in [0, 0.1) is 5.41 Å². The van der Waals surface area contributed by atoms with Crippen LogP contribution < -0.4 is 5.73 Å². The second-order valence-electron chi connectivity index (χ2n) is 6.20. The van der Waals surface area contributed by atoms with Gasteiger partial charge in [-0.2, -0.15) is 8.42 Å². The number of fused-ring (bicyclic) bond motifs is 1. The quantitative estimate of drug-likeness (QED) is 0.255. The van der Waals surface area contributed by atoms with E-state index < -0.39 is 27.9 Å². The van der Waals surface area contributed by atoms with E-state index in [1.165, 1.54) is 12.4 Å². The Morgan fingerprint density at radius 1 is 1.14 bits per heavy atom. The molecule has 0 aliphatic heterocycles. The third-order valence-electron chi connectivity index (χ3n) is 4.15. The Morgan fingerprint density at radius 2 is 1.86 bits per heavy atom. The van der Waals surface area contributed by atoms with Gasteiger partial charge in [-0.15, -0.1) is 0 Å². The van der Waals surface area contributed by atoms with Gasteiger partial charge in [-0.05, 0) is 28.5 Å². The fourth-order valence-corrected chi connectivity index (χ4v) is 3.45. The van der Waals surface area contributed by atoms with Crippen molar-refractivity contribution in [1.82, 2.24) is 9.88 Å². The molecule has 0 saturated carbocycles. The Hall–Kier alpha value is -3.56. The van der Waals surface area contributed by atoms with E-state index >= 15 is 0 Å². The van der Waals surface area contributed by atoms with Gasteiger partial charge in [-0.25, -0.2) is 0 Å². The minimum absolute atomic E-state index is 0.0771. The number of nitrogens with zero attached hydrogens (tertiary/aromatic N) is 2. The molecule has 0 aliphatic carbocycles. The van der Waals surface area contributed by atoms with Gasteiger partial charge in [0.15, 0.2) is 11.8 Å². The minimum Gasteiger partial charge on any atom is -0.370 e. The van der Waals surface area contributed by atoms with Crippen LogP contribution in [-0.4, -0.2) is 40.6 Å². The lowest BCUT2D eigenvalue weighted by atomic mass is 9.99. The zero-order valence-corrected chi connectivity index (χ0v) is 16.0. The molecule has 1 heterocycles. The summed E-state index contributed by atoms with van der Waals surface area (Å²) >= 11 is 0. The maximum Gasteiger partial charge on any atom is 0.283 e. The van der Waals surface area contributed by atoms with Crippen molar-refractivity contribution in [3.63, 3.8) is 0 Å². The van der Waals surface area contributed by atoms with E-state index in [4.69, 9.17) is 15.7 Å². The molecule has 4 N–H and O–H groups in total. The predicted octanol–water partition coefficient (Wildman–Crippen LogP) is 2.34. The standard InChI is InChI=1S/C20H18N4O4S/c21-20(22)24(13-29(26,27)28)19(25)18(16-8-4-10-23-12-16)11-15-7-3-6-14-5-1-2-9-17(14)15/h1-12H,13H2,(H3,21,22)(H,26,27,28)/b18-11+. The fraction of sp³-hybridized carbons (Fsp3) is 0.0500. The maximum atomic E-state index is 13.1. The summed E-state index contributed by atoms with van der Waals surface area (Å²) in [5, 5.41) is 9.43. The Labute approximate surface area is 167 Å². The average molecular weight is 410 g/mol. The number of pyridine rings is 1. The Bertz CT molecular complexity index is 1200. The van der Waals surface area contributed by atoms with E-state index in [-0.39, 0.29) is 5.57 Å². The van der Waals surface area contributed by atoms with Crippen molar-refractivity contribution in [1.29, 1.82) is 5.41 Å². The van der Waals surface area contributed by atoms with E-state index in [1.54, 1.807) is 18.2 Å². The molecule has 0 fully saturated rings. The van der Waals surface area contributed by atoms with Crippen LogP contribution in [0.5, 0.6) is 0 Å². The van der Waals surface area contributed by atoms with Crippen molar-refractivity contribution >= 4 is 44.4 Å². The van der Waals surface area contributed by atoms with Crippen LogP contribution in [-0.2, 0) is 14.9 Å². The smallest absolute Gasteiger partial charge is 0.283 e. The number of rotatable bonds is 5. The predicted molar refractivity (Wildman–Crippen MR) is 111 cm³/mol. The lowest BCUT2D eigenvalue weighted by molar-refractivity contribution is -0.120. The summed E-state index contributed by atoms with van der Waals surface area (Å²) in [5.41, 5.74) is 6.61. The fourth-order valence-electron chi connectivity index (χ4n) is 2.87. The molecule has 1 amide bonds. The van der Waals surface area contributed by atoms with Crippen LogP contribution in [0.4, 0.5) is 0 Å². The zero-order valence-electron chi connectivity index (χ0n) is 15.2. The molecule has 0 unspecified atom stereocenters. The summed E-state index contributed by atoms with van der Waals surface area (Å²) in [6.07, 6.45) is 4.56. The van der Waals surface area contributed by atoms with Crippen molar-refractivity contribution in [2.45, 2.75) is 0 Å². The molecule has 9 heteroatoms. The molecular weight excluding hydrogens is 392 g/mol. The van der Waals surface area contributed by atoms with E-state index in [0.29, 0.717) is 16.0 Å². The number of amides is 1. The number of nitrogens with two attached hydrogens (primary N) is 1. The number of nitrogens with one attached hydrogen (secondary N) is 1. The molecule has 0 bridgehead atoms. The molecular formula is C20H18N4O4S. The number of guanidine groups is 1. The van der Waals surface area contributed by atoms with Crippen molar-refractivity contribution in [2.24, 2.45) is 5.73 Å². The van der Waals surface area contributed by atoms with Crippen molar-refractivity contribution in [3.05, 3.63) is 78.1 Å². The van der Waals surface area contributed by atoms with Gasteiger partial charge in [0.05, 0.1) is 0 Å². The van der Waals surface area contributed by atoms with Crippen LogP contribution in [0.3, 0.4) is 0 Å². The normalized spacial score (nSPS) is 12.0. The zero-order chi connectivity index (χ0) is 21.0. The SMILES string of the molecule is N=C(N)N(CS(=O)(=O)O)C(=O)/C(=C/c1cccc2ccccc12)c1cccnc1. The molecule has 148 valence electrons. The topological polar surface area (TPSA) is 137 Å². The van der Waals surface area contributed by atoms with Gasteiger partial charge in [0.2, 0.25) is 0 Å². The molecule has 2 aromatic carbocycles. The lowest BCUT2D eigenvalue weighted by Crippen LogP contribution is -2.44. The van der Waals surface area contributed by atoms with Crippen molar-refractivity contribution in [2.75, 3.05) is 5.88 Å². The molecule has 3 aromatic rings. The van der Waals surface area contributed by atoms with Crippen LogP contribution in [0.25, 0.3) is 22.4 Å². The molecule has 8 nitrogen and oxygen atoms in total. The van der Waals surface area contributed by atoms with Gasteiger partial charge in [-0.3, -0.25) is 24.6 Å². The molecule has 0 aliphatic rings. The number of carbonyl (C=O) groups excluding carboxylic acids is 1. The highest BCUT2D eigenvalue weighted by Crippen LogP contribution is 2.25. The van der Waals surface area contributed by atoms with E-state index in [1.807, 2.05) is 42.5 Å². The van der Waals surface area contributed by atoms with Gasteiger partial charge >= 0.3 is 0 Å². The second kappa shape index (κ2) is 8.21. The number of carbonyl (C=O) groups is 1. The highest BCUT2D eigenvalue weighted by molar-refractivity contribution is 7.85. The molecule has 3 rings (SSSR count). The summed E-state index contributed by atoms with van der Waals surface area (Å²) in [6.45, 7) is 0.